The molecule has 1 aromatic heterocycles. The number of phenols is 1. The molecule has 5 N–H and O–H groups in total. The van der Waals surface area contributed by atoms with Crippen LogP contribution in [0.25, 0.3) is 0 Å². The van der Waals surface area contributed by atoms with Crippen molar-refractivity contribution in [3.8, 4) is 5.75 Å². The second-order valence-corrected chi connectivity index (χ2v) is 9.93. The zero-order chi connectivity index (χ0) is 26.9. The number of hydrogen-bond acceptors (Lipinski definition) is 8. The number of amides is 4. The topological polar surface area (TPSA) is 155 Å². The molecule has 0 radical (unpaired) electrons. The van der Waals surface area contributed by atoms with Crippen LogP contribution in [0.15, 0.2) is 30.3 Å². The van der Waals surface area contributed by atoms with Crippen molar-refractivity contribution in [2.24, 2.45) is 0 Å². The fourth-order valence-electron chi connectivity index (χ4n) is 2.93. The second-order valence-electron chi connectivity index (χ2n) is 8.87. The van der Waals surface area contributed by atoms with Crippen molar-refractivity contribution in [2.75, 3.05) is 20.2 Å². The lowest BCUT2D eigenvalue weighted by molar-refractivity contribution is -0.142. The van der Waals surface area contributed by atoms with Crippen LogP contribution in [0.2, 0.25) is 0 Å². The minimum absolute atomic E-state index is 0.155. The van der Waals surface area contributed by atoms with Gasteiger partial charge in [-0.15, -0.1) is 11.3 Å². The average Bonchev–Trinajstić information content (AvgIpc) is 3.21. The standard InChI is InChI=1S/C24H32N4O7S/c1-14-11-18(20(30)25-10-9-15-7-6-8-16(29)12-15)36-19(14)21(31)27-17(22(32)34-5)13-26-23(33)28-35-24(2,3)4/h6-8,11-12,17,29H,9-10,13H2,1-5H3,(H,25,30)(H,27,31)(H2,26,28,33)/t17-/m0/s1. The van der Waals surface area contributed by atoms with E-state index in [2.05, 4.69) is 21.4 Å². The smallest absolute Gasteiger partial charge is 0.338 e. The summed E-state index contributed by atoms with van der Waals surface area (Å²) in [5.41, 5.74) is 3.03. The number of carbonyl (C=O) groups excluding carboxylic acids is 4. The summed E-state index contributed by atoms with van der Waals surface area (Å²) in [7, 11) is 1.17. The summed E-state index contributed by atoms with van der Waals surface area (Å²) >= 11 is 0.985. The van der Waals surface area contributed by atoms with E-state index in [-0.39, 0.29) is 23.1 Å². The highest BCUT2D eigenvalue weighted by Gasteiger charge is 2.26. The first-order chi connectivity index (χ1) is 16.9. The van der Waals surface area contributed by atoms with Crippen LogP contribution in [0.5, 0.6) is 5.75 Å². The zero-order valence-corrected chi connectivity index (χ0v) is 21.7. The third-order valence-corrected chi connectivity index (χ3v) is 5.90. The lowest BCUT2D eigenvalue weighted by Gasteiger charge is -2.20. The predicted octanol–water partition coefficient (Wildman–Crippen LogP) is 2.04. The molecule has 4 amide bonds. The van der Waals surface area contributed by atoms with Gasteiger partial charge in [-0.25, -0.2) is 15.1 Å². The molecule has 0 fully saturated rings. The maximum absolute atomic E-state index is 12.8. The fourth-order valence-corrected chi connectivity index (χ4v) is 3.92. The zero-order valence-electron chi connectivity index (χ0n) is 20.9. The summed E-state index contributed by atoms with van der Waals surface area (Å²) in [4.78, 5) is 55.2. The minimum Gasteiger partial charge on any atom is -0.508 e. The number of urea groups is 1. The molecule has 1 atom stereocenters. The van der Waals surface area contributed by atoms with Crippen LogP contribution in [-0.4, -0.2) is 60.8 Å². The third-order valence-electron chi connectivity index (χ3n) is 4.67. The number of hydroxylamine groups is 1. The molecule has 0 saturated carbocycles. The quantitative estimate of drug-likeness (QED) is 0.237. The van der Waals surface area contributed by atoms with Crippen LogP contribution in [-0.2, 0) is 20.8 Å². The summed E-state index contributed by atoms with van der Waals surface area (Å²) in [5.74, 6) is -1.52. The van der Waals surface area contributed by atoms with Crippen molar-refractivity contribution in [3.63, 3.8) is 0 Å². The Morgan fingerprint density at radius 3 is 2.44 bits per heavy atom. The van der Waals surface area contributed by atoms with Gasteiger partial charge in [0.1, 0.15) is 11.8 Å². The molecule has 196 valence electrons. The number of rotatable bonds is 10. The van der Waals surface area contributed by atoms with Gasteiger partial charge < -0.3 is 25.8 Å². The Labute approximate surface area is 213 Å². The Balaban J connectivity index is 1.95. The summed E-state index contributed by atoms with van der Waals surface area (Å²) in [6, 6.07) is 6.50. The monoisotopic (exact) mass is 520 g/mol. The van der Waals surface area contributed by atoms with E-state index in [9.17, 15) is 24.3 Å². The SMILES string of the molecule is COC(=O)[C@H](CNC(=O)NOC(C)(C)C)NC(=O)c1sc(C(=O)NCCc2cccc(O)c2)cc1C. The Kier molecular flexibility index (Phi) is 10.2. The number of ether oxygens (including phenoxy) is 1. The van der Waals surface area contributed by atoms with Crippen LogP contribution < -0.4 is 21.4 Å². The van der Waals surface area contributed by atoms with Gasteiger partial charge >= 0.3 is 12.0 Å². The Morgan fingerprint density at radius 2 is 1.81 bits per heavy atom. The highest BCUT2D eigenvalue weighted by molar-refractivity contribution is 7.16. The number of benzene rings is 1. The minimum atomic E-state index is -1.16. The Morgan fingerprint density at radius 1 is 1.08 bits per heavy atom. The second kappa shape index (κ2) is 12.9. The highest BCUT2D eigenvalue weighted by atomic mass is 32.1. The maximum Gasteiger partial charge on any atom is 0.338 e. The molecule has 0 aliphatic rings. The molecule has 36 heavy (non-hydrogen) atoms. The molecule has 0 bridgehead atoms. The molecule has 0 aliphatic carbocycles. The number of esters is 1. The number of hydrogen-bond donors (Lipinski definition) is 5. The number of carbonyl (C=O) groups is 4. The number of aromatic hydroxyl groups is 1. The first kappa shape index (κ1) is 28.6. The van der Waals surface area contributed by atoms with Gasteiger partial charge in [0, 0.05) is 6.54 Å². The Bertz CT molecular complexity index is 1090. The van der Waals surface area contributed by atoms with Crippen molar-refractivity contribution in [2.45, 2.75) is 45.8 Å². The number of nitrogens with one attached hydrogen (secondary N) is 4. The van der Waals surface area contributed by atoms with Gasteiger partial charge in [0.2, 0.25) is 0 Å². The van der Waals surface area contributed by atoms with Crippen molar-refractivity contribution in [1.82, 2.24) is 21.4 Å². The van der Waals surface area contributed by atoms with Crippen molar-refractivity contribution < 1.29 is 33.9 Å². The van der Waals surface area contributed by atoms with E-state index in [1.807, 2.05) is 6.07 Å². The first-order valence-electron chi connectivity index (χ1n) is 11.2. The van der Waals surface area contributed by atoms with Gasteiger partial charge in [0.25, 0.3) is 11.8 Å². The highest BCUT2D eigenvalue weighted by Crippen LogP contribution is 2.22. The van der Waals surface area contributed by atoms with E-state index in [1.165, 1.54) is 7.11 Å². The molecular weight excluding hydrogens is 488 g/mol. The van der Waals surface area contributed by atoms with Crippen molar-refractivity contribution in [3.05, 3.63) is 51.2 Å². The van der Waals surface area contributed by atoms with E-state index < -0.39 is 29.6 Å². The Hall–Kier alpha value is -3.64. The van der Waals surface area contributed by atoms with Gasteiger partial charge in [-0.3, -0.25) is 14.4 Å². The molecule has 12 heteroatoms. The summed E-state index contributed by atoms with van der Waals surface area (Å²) in [6.45, 7) is 7.02. The molecule has 11 nitrogen and oxygen atoms in total. The largest absolute Gasteiger partial charge is 0.508 e. The number of methoxy groups -OCH3 is 1. The van der Waals surface area contributed by atoms with Crippen LogP contribution in [0.3, 0.4) is 0 Å². The molecule has 2 rings (SSSR count). The van der Waals surface area contributed by atoms with Crippen molar-refractivity contribution in [1.29, 1.82) is 0 Å². The number of thiophene rings is 1. The molecule has 2 aromatic rings. The maximum atomic E-state index is 12.8. The van der Waals surface area contributed by atoms with E-state index in [1.54, 1.807) is 52.0 Å². The van der Waals surface area contributed by atoms with E-state index in [4.69, 9.17) is 9.57 Å². The molecule has 0 aliphatic heterocycles. The molecule has 0 unspecified atom stereocenters. The summed E-state index contributed by atoms with van der Waals surface area (Å²) in [5, 5.41) is 17.3. The van der Waals surface area contributed by atoms with Crippen LogP contribution in [0.1, 0.15) is 51.2 Å². The molecular formula is C24H32N4O7S. The van der Waals surface area contributed by atoms with Gasteiger partial charge in [0.05, 0.1) is 29.0 Å². The normalized spacial score (nSPS) is 11.8. The van der Waals surface area contributed by atoms with Gasteiger partial charge in [-0.1, -0.05) is 12.1 Å². The number of aryl methyl sites for hydroxylation is 1. The van der Waals surface area contributed by atoms with Crippen LogP contribution >= 0.6 is 11.3 Å². The van der Waals surface area contributed by atoms with Crippen LogP contribution in [0, 0.1) is 6.92 Å². The average molecular weight is 521 g/mol. The molecule has 1 aromatic carbocycles. The van der Waals surface area contributed by atoms with Gasteiger partial charge in [-0.2, -0.15) is 0 Å². The van der Waals surface area contributed by atoms with E-state index >= 15 is 0 Å². The predicted molar refractivity (Wildman–Crippen MR) is 134 cm³/mol. The van der Waals surface area contributed by atoms with Crippen LogP contribution in [0.4, 0.5) is 4.79 Å². The van der Waals surface area contributed by atoms with Crippen molar-refractivity contribution >= 4 is 35.2 Å². The third kappa shape index (κ3) is 9.19. The number of phenolic OH excluding ortho intramolecular Hbond substituents is 1. The van der Waals surface area contributed by atoms with E-state index in [0.29, 0.717) is 23.4 Å². The lowest BCUT2D eigenvalue weighted by Crippen LogP contribution is -2.51. The molecule has 1 heterocycles. The summed E-state index contributed by atoms with van der Waals surface area (Å²) < 4.78 is 4.72. The fraction of sp³-hybridized carbons (Fsp3) is 0.417. The molecule has 0 saturated heterocycles. The summed E-state index contributed by atoms with van der Waals surface area (Å²) in [6.07, 6.45) is 0.528. The molecule has 0 spiro atoms. The first-order valence-corrected chi connectivity index (χ1v) is 12.0. The van der Waals surface area contributed by atoms with Gasteiger partial charge in [-0.05, 0) is 63.4 Å². The van der Waals surface area contributed by atoms with Gasteiger partial charge in [0.15, 0.2) is 0 Å². The lowest BCUT2D eigenvalue weighted by atomic mass is 10.1. The van der Waals surface area contributed by atoms with E-state index in [0.717, 1.165) is 16.9 Å².